The van der Waals surface area contributed by atoms with Gasteiger partial charge in [0.25, 0.3) is 0 Å². The monoisotopic (exact) mass is 205 g/mol. The molecule has 0 bridgehead atoms. The summed E-state index contributed by atoms with van der Waals surface area (Å²) < 4.78 is 3.68. The van der Waals surface area contributed by atoms with Crippen molar-refractivity contribution in [3.63, 3.8) is 0 Å². The molecule has 0 radical (unpaired) electrons. The first kappa shape index (κ1) is 9.92. The average molecular weight is 205 g/mol. The van der Waals surface area contributed by atoms with Gasteiger partial charge in [0, 0.05) is 37.1 Å². The Labute approximate surface area is 88.5 Å². The fraction of sp³-hybridized carbons (Fsp3) is 0.400. The maximum Gasteiger partial charge on any atom is 0.0690 e. The zero-order valence-electron chi connectivity index (χ0n) is 9.01. The van der Waals surface area contributed by atoms with Crippen LogP contribution in [0.4, 0.5) is 0 Å². The van der Waals surface area contributed by atoms with E-state index in [9.17, 15) is 0 Å². The predicted octanol–water partition coefficient (Wildman–Crippen LogP) is 0.432. The van der Waals surface area contributed by atoms with E-state index in [1.165, 1.54) is 0 Å². The van der Waals surface area contributed by atoms with Crippen LogP contribution in [0.15, 0.2) is 18.6 Å². The van der Waals surface area contributed by atoms with Gasteiger partial charge in [-0.1, -0.05) is 0 Å². The topological polar surface area (TPSA) is 61.7 Å². The van der Waals surface area contributed by atoms with Crippen molar-refractivity contribution >= 4 is 0 Å². The third-order valence-corrected chi connectivity index (χ3v) is 2.37. The minimum Gasteiger partial charge on any atom is -0.326 e. The van der Waals surface area contributed by atoms with Crippen LogP contribution in [0.1, 0.15) is 16.8 Å². The number of hydrogen-bond acceptors (Lipinski definition) is 3. The Hall–Kier alpha value is -1.62. The molecule has 0 saturated heterocycles. The van der Waals surface area contributed by atoms with Crippen LogP contribution in [0.25, 0.3) is 0 Å². The van der Waals surface area contributed by atoms with Gasteiger partial charge >= 0.3 is 0 Å². The molecule has 2 N–H and O–H groups in total. The predicted molar refractivity (Wildman–Crippen MR) is 57.2 cm³/mol. The summed E-state index contributed by atoms with van der Waals surface area (Å²) in [6, 6.07) is 0. The normalized spacial score (nSPS) is 10.9. The molecule has 0 spiro atoms. The molecule has 0 atom stereocenters. The van der Waals surface area contributed by atoms with Gasteiger partial charge in [0.15, 0.2) is 0 Å². The van der Waals surface area contributed by atoms with Crippen molar-refractivity contribution in [3.8, 4) is 0 Å². The first-order valence-corrected chi connectivity index (χ1v) is 4.89. The molecule has 2 rings (SSSR count). The summed E-state index contributed by atoms with van der Waals surface area (Å²) in [7, 11) is 1.91. The van der Waals surface area contributed by atoms with E-state index < -0.39 is 0 Å². The van der Waals surface area contributed by atoms with Crippen LogP contribution < -0.4 is 5.73 Å². The highest BCUT2D eigenvalue weighted by atomic mass is 15.3. The van der Waals surface area contributed by atoms with Crippen LogP contribution in [-0.2, 0) is 20.1 Å². The number of rotatable bonds is 3. The van der Waals surface area contributed by atoms with Gasteiger partial charge in [0.2, 0.25) is 0 Å². The number of nitrogens with zero attached hydrogens (tertiary/aromatic N) is 4. The first-order chi connectivity index (χ1) is 7.19. The molecule has 0 aliphatic carbocycles. The van der Waals surface area contributed by atoms with Crippen LogP contribution in [0, 0.1) is 6.92 Å². The fourth-order valence-electron chi connectivity index (χ4n) is 1.58. The third kappa shape index (κ3) is 2.07. The summed E-state index contributed by atoms with van der Waals surface area (Å²) in [5.74, 6) is 0. The summed E-state index contributed by atoms with van der Waals surface area (Å²) in [5, 5.41) is 8.50. The van der Waals surface area contributed by atoms with E-state index in [0.717, 1.165) is 23.4 Å². The van der Waals surface area contributed by atoms with E-state index in [2.05, 4.69) is 10.2 Å². The number of hydrogen-bond donors (Lipinski definition) is 1. The second-order valence-corrected chi connectivity index (χ2v) is 3.66. The molecule has 2 heterocycles. The zero-order valence-corrected chi connectivity index (χ0v) is 9.01. The summed E-state index contributed by atoms with van der Waals surface area (Å²) >= 11 is 0. The highest BCUT2D eigenvalue weighted by Crippen LogP contribution is 2.06. The molecular weight excluding hydrogens is 190 g/mol. The van der Waals surface area contributed by atoms with Crippen molar-refractivity contribution in [2.75, 3.05) is 0 Å². The van der Waals surface area contributed by atoms with Crippen molar-refractivity contribution in [1.82, 2.24) is 19.6 Å². The van der Waals surface area contributed by atoms with Crippen molar-refractivity contribution in [2.45, 2.75) is 20.0 Å². The maximum atomic E-state index is 5.59. The molecule has 0 saturated carbocycles. The summed E-state index contributed by atoms with van der Waals surface area (Å²) in [4.78, 5) is 0. The molecule has 0 amide bonds. The number of nitrogens with two attached hydrogens (primary N) is 1. The van der Waals surface area contributed by atoms with Gasteiger partial charge in [0.1, 0.15) is 0 Å². The van der Waals surface area contributed by atoms with Crippen LogP contribution in [0.3, 0.4) is 0 Å². The Balaban J connectivity index is 2.17. The molecule has 0 fully saturated rings. The van der Waals surface area contributed by atoms with Crippen LogP contribution in [0.2, 0.25) is 0 Å². The Morgan fingerprint density at radius 3 is 2.73 bits per heavy atom. The van der Waals surface area contributed by atoms with Gasteiger partial charge in [-0.2, -0.15) is 10.2 Å². The molecule has 80 valence electrons. The molecule has 2 aromatic heterocycles. The Morgan fingerprint density at radius 2 is 2.20 bits per heavy atom. The van der Waals surface area contributed by atoms with E-state index >= 15 is 0 Å². The van der Waals surface area contributed by atoms with Crippen molar-refractivity contribution in [3.05, 3.63) is 35.4 Å². The second-order valence-electron chi connectivity index (χ2n) is 3.66. The lowest BCUT2D eigenvalue weighted by atomic mass is 10.3. The zero-order chi connectivity index (χ0) is 10.8. The number of aromatic nitrogens is 4. The molecule has 0 aliphatic heterocycles. The van der Waals surface area contributed by atoms with Gasteiger partial charge in [-0.25, -0.2) is 0 Å². The standard InChI is InChI=1S/C10H15N5/c1-8-10(3-11)7-15(13-8)6-9-4-12-14(2)5-9/h4-5,7H,3,6,11H2,1-2H3. The van der Waals surface area contributed by atoms with Crippen molar-refractivity contribution in [2.24, 2.45) is 12.8 Å². The summed E-state index contributed by atoms with van der Waals surface area (Å²) in [6.07, 6.45) is 5.82. The van der Waals surface area contributed by atoms with Crippen molar-refractivity contribution < 1.29 is 0 Å². The van der Waals surface area contributed by atoms with Crippen molar-refractivity contribution in [1.29, 1.82) is 0 Å². The van der Waals surface area contributed by atoms with Crippen LogP contribution in [0.5, 0.6) is 0 Å². The first-order valence-electron chi connectivity index (χ1n) is 4.89. The largest absolute Gasteiger partial charge is 0.326 e. The minimum atomic E-state index is 0.541. The average Bonchev–Trinajstić information content (AvgIpc) is 2.73. The molecule has 0 aliphatic rings. The second kappa shape index (κ2) is 3.86. The van der Waals surface area contributed by atoms with Gasteiger partial charge < -0.3 is 5.73 Å². The minimum absolute atomic E-state index is 0.541. The third-order valence-electron chi connectivity index (χ3n) is 2.37. The quantitative estimate of drug-likeness (QED) is 0.790. The molecular formula is C10H15N5. The Kier molecular flexibility index (Phi) is 2.55. The van der Waals surface area contributed by atoms with Crippen LogP contribution in [-0.4, -0.2) is 19.6 Å². The van der Waals surface area contributed by atoms with E-state index in [0.29, 0.717) is 6.54 Å². The summed E-state index contributed by atoms with van der Waals surface area (Å²) in [5.41, 5.74) is 8.83. The lowest BCUT2D eigenvalue weighted by molar-refractivity contribution is 0.678. The van der Waals surface area contributed by atoms with Gasteiger partial charge in [0.05, 0.1) is 18.4 Å². The van der Waals surface area contributed by atoms with Crippen LogP contribution >= 0.6 is 0 Å². The Morgan fingerprint density at radius 1 is 1.40 bits per heavy atom. The van der Waals surface area contributed by atoms with E-state index in [1.807, 2.05) is 37.2 Å². The van der Waals surface area contributed by atoms with Gasteiger partial charge in [-0.3, -0.25) is 9.36 Å². The molecule has 5 nitrogen and oxygen atoms in total. The Bertz CT molecular complexity index is 454. The fourth-order valence-corrected chi connectivity index (χ4v) is 1.58. The molecule has 0 aromatic carbocycles. The number of aryl methyl sites for hydroxylation is 2. The highest BCUT2D eigenvalue weighted by molar-refractivity contribution is 5.16. The molecule has 5 heteroatoms. The molecule has 2 aromatic rings. The maximum absolute atomic E-state index is 5.59. The lowest BCUT2D eigenvalue weighted by Gasteiger charge is -1.96. The summed E-state index contributed by atoms with van der Waals surface area (Å²) in [6.45, 7) is 3.26. The SMILES string of the molecule is Cc1nn(Cc2cnn(C)c2)cc1CN. The highest BCUT2D eigenvalue weighted by Gasteiger charge is 2.04. The lowest BCUT2D eigenvalue weighted by Crippen LogP contribution is -1.99. The smallest absolute Gasteiger partial charge is 0.0690 e. The van der Waals surface area contributed by atoms with Gasteiger partial charge in [-0.05, 0) is 6.92 Å². The van der Waals surface area contributed by atoms with E-state index in [1.54, 1.807) is 4.68 Å². The van der Waals surface area contributed by atoms with E-state index in [4.69, 9.17) is 5.73 Å². The van der Waals surface area contributed by atoms with Gasteiger partial charge in [-0.15, -0.1) is 0 Å². The molecule has 15 heavy (non-hydrogen) atoms. The van der Waals surface area contributed by atoms with E-state index in [-0.39, 0.29) is 0 Å². The molecule has 0 unspecified atom stereocenters.